The van der Waals surface area contributed by atoms with E-state index in [0.29, 0.717) is 5.56 Å². The van der Waals surface area contributed by atoms with Crippen LogP contribution in [0.15, 0.2) is 174 Å². The van der Waals surface area contributed by atoms with Crippen molar-refractivity contribution in [2.45, 2.75) is 0 Å². The zero-order valence-corrected chi connectivity index (χ0v) is 25.2. The molecule has 218 valence electrons. The summed E-state index contributed by atoms with van der Waals surface area (Å²) in [5.74, 6) is 0. The van der Waals surface area contributed by atoms with Gasteiger partial charge in [-0.1, -0.05) is 145 Å². The van der Waals surface area contributed by atoms with E-state index in [9.17, 15) is 0 Å². The lowest BCUT2D eigenvalue weighted by atomic mass is 9.86. The minimum absolute atomic E-state index is 0.205. The zero-order chi connectivity index (χ0) is 35.2. The first-order valence-corrected chi connectivity index (χ1v) is 15.8. The molecule has 0 aliphatic heterocycles. The summed E-state index contributed by atoms with van der Waals surface area (Å²) in [5, 5.41) is 8.16. The Morgan fingerprint density at radius 2 is 1.00 bits per heavy atom. The number of hydrogen-bond acceptors (Lipinski definition) is 1. The molecule has 0 aliphatic rings. The molecule has 1 heterocycles. The molecule has 10 rings (SSSR count). The SMILES string of the molecule is [2H]c1c([2H])c([2H])c(-c2ccc3ccc4c(-c5cc(-c6cccc(-c7ccccc7)c6)cc6oc7ccccc7c56)ccc5ccc2c3c54)c([2H])c1[2H]. The zero-order valence-electron chi connectivity index (χ0n) is 30.2. The second-order valence-electron chi connectivity index (χ2n) is 12.1. The number of rotatable bonds is 4. The maximum Gasteiger partial charge on any atom is 0.136 e. The minimum Gasteiger partial charge on any atom is -0.456 e. The smallest absolute Gasteiger partial charge is 0.136 e. The van der Waals surface area contributed by atoms with Gasteiger partial charge in [0.2, 0.25) is 0 Å². The number of benzene rings is 9. The summed E-state index contributed by atoms with van der Waals surface area (Å²) in [6.45, 7) is 0. The van der Waals surface area contributed by atoms with Gasteiger partial charge in [-0.2, -0.15) is 0 Å². The van der Waals surface area contributed by atoms with Gasteiger partial charge in [0.25, 0.3) is 0 Å². The van der Waals surface area contributed by atoms with Crippen molar-refractivity contribution in [2.24, 2.45) is 0 Å². The average Bonchev–Trinajstić information content (AvgIpc) is 3.57. The molecule has 0 fully saturated rings. The minimum atomic E-state index is -0.395. The molecule has 47 heavy (non-hydrogen) atoms. The normalized spacial score (nSPS) is 13.3. The van der Waals surface area contributed by atoms with E-state index in [1.165, 1.54) is 0 Å². The van der Waals surface area contributed by atoms with E-state index >= 15 is 0 Å². The third-order valence-electron chi connectivity index (χ3n) is 9.51. The van der Waals surface area contributed by atoms with Crippen LogP contribution in [0.5, 0.6) is 0 Å². The van der Waals surface area contributed by atoms with Gasteiger partial charge in [-0.05, 0) is 101 Å². The van der Waals surface area contributed by atoms with Crippen molar-refractivity contribution in [2.75, 3.05) is 0 Å². The molecule has 1 heteroatoms. The topological polar surface area (TPSA) is 13.1 Å². The van der Waals surface area contributed by atoms with Crippen LogP contribution >= 0.6 is 0 Å². The van der Waals surface area contributed by atoms with Gasteiger partial charge >= 0.3 is 0 Å². The van der Waals surface area contributed by atoms with Gasteiger partial charge in [-0.15, -0.1) is 0 Å². The van der Waals surface area contributed by atoms with Crippen molar-refractivity contribution in [3.63, 3.8) is 0 Å². The molecule has 0 aliphatic carbocycles. The number of para-hydroxylation sites is 1. The van der Waals surface area contributed by atoms with Crippen LogP contribution in [-0.2, 0) is 0 Å². The maximum atomic E-state index is 8.75. The molecule has 1 aromatic heterocycles. The fraction of sp³-hybridized carbons (Fsp3) is 0. The summed E-state index contributed by atoms with van der Waals surface area (Å²) in [4.78, 5) is 0. The molecule has 10 aromatic rings. The average molecular weight is 602 g/mol. The molecule has 0 radical (unpaired) electrons. The Hall–Kier alpha value is -6.18. The highest BCUT2D eigenvalue weighted by atomic mass is 16.3. The van der Waals surface area contributed by atoms with Crippen molar-refractivity contribution in [1.82, 2.24) is 0 Å². The lowest BCUT2D eigenvalue weighted by Crippen LogP contribution is -1.90. The van der Waals surface area contributed by atoms with Crippen molar-refractivity contribution < 1.29 is 11.3 Å². The summed E-state index contributed by atoms with van der Waals surface area (Å²) in [6, 6.07) is 46.7. The highest BCUT2D eigenvalue weighted by Gasteiger charge is 2.19. The van der Waals surface area contributed by atoms with Crippen LogP contribution in [0, 0.1) is 0 Å². The van der Waals surface area contributed by atoms with Gasteiger partial charge in [0.05, 0.1) is 6.85 Å². The summed E-state index contributed by atoms with van der Waals surface area (Å²) in [6.07, 6.45) is 0. The molecule has 9 aromatic carbocycles. The van der Waals surface area contributed by atoms with Gasteiger partial charge in [0, 0.05) is 10.8 Å². The van der Waals surface area contributed by atoms with E-state index in [-0.39, 0.29) is 29.7 Å². The predicted octanol–water partition coefficient (Wildman–Crippen LogP) is 13.2. The van der Waals surface area contributed by atoms with Crippen LogP contribution in [-0.4, -0.2) is 0 Å². The van der Waals surface area contributed by atoms with Gasteiger partial charge in [-0.25, -0.2) is 0 Å². The Kier molecular flexibility index (Phi) is 4.66. The Morgan fingerprint density at radius 3 is 1.79 bits per heavy atom. The van der Waals surface area contributed by atoms with Crippen molar-refractivity contribution in [1.29, 1.82) is 0 Å². The second kappa shape index (κ2) is 10.2. The van der Waals surface area contributed by atoms with Gasteiger partial charge in [0.1, 0.15) is 11.2 Å². The van der Waals surface area contributed by atoms with Crippen LogP contribution < -0.4 is 0 Å². The van der Waals surface area contributed by atoms with Crippen LogP contribution in [0.4, 0.5) is 0 Å². The Bertz CT molecular complexity index is 3040. The molecule has 0 spiro atoms. The van der Waals surface area contributed by atoms with Gasteiger partial charge in [0.15, 0.2) is 0 Å². The standard InChI is InChI=1S/C46H28O/c1-3-10-29(11-4-1)33-14-9-15-34(26-33)35-27-41(46-40-16-7-8-17-42(40)47-43(46)28-35)37-23-19-32-20-24-38-36(30-12-5-2-6-13-30)22-18-31-21-25-39(37)45(32)44(31)38/h1-28H/i2D,5D,6D,12D,13D. The largest absolute Gasteiger partial charge is 0.456 e. The molecule has 0 N–H and O–H groups in total. The monoisotopic (exact) mass is 601 g/mol. The quantitative estimate of drug-likeness (QED) is 0.183. The fourth-order valence-electron chi connectivity index (χ4n) is 7.38. The first kappa shape index (κ1) is 21.5. The molecule has 0 atom stereocenters. The molecular weight excluding hydrogens is 569 g/mol. The summed E-state index contributed by atoms with van der Waals surface area (Å²) in [5.41, 5.74) is 9.03. The molecule has 0 bridgehead atoms. The third kappa shape index (κ3) is 4.03. The third-order valence-corrected chi connectivity index (χ3v) is 9.51. The summed E-state index contributed by atoms with van der Waals surface area (Å²) >= 11 is 0. The van der Waals surface area contributed by atoms with E-state index < -0.39 is 6.04 Å². The number of fused-ring (bicyclic) bond motifs is 3. The van der Waals surface area contributed by atoms with Crippen molar-refractivity contribution in [3.8, 4) is 44.5 Å². The van der Waals surface area contributed by atoms with Gasteiger partial charge in [-0.3, -0.25) is 0 Å². The molecule has 1 nitrogen and oxygen atoms in total. The predicted molar refractivity (Wildman–Crippen MR) is 199 cm³/mol. The second-order valence-corrected chi connectivity index (χ2v) is 12.1. The highest BCUT2D eigenvalue weighted by molar-refractivity contribution is 6.29. The van der Waals surface area contributed by atoms with Crippen LogP contribution in [0.25, 0.3) is 98.8 Å². The van der Waals surface area contributed by atoms with Crippen LogP contribution in [0.2, 0.25) is 0 Å². The fourth-order valence-corrected chi connectivity index (χ4v) is 7.38. The molecule has 0 saturated heterocycles. The van der Waals surface area contributed by atoms with Crippen molar-refractivity contribution in [3.05, 3.63) is 170 Å². The summed E-state index contributed by atoms with van der Waals surface area (Å²) in [7, 11) is 0. The van der Waals surface area contributed by atoms with Crippen LogP contribution in [0.1, 0.15) is 6.85 Å². The van der Waals surface area contributed by atoms with E-state index in [4.69, 9.17) is 11.3 Å². The van der Waals surface area contributed by atoms with E-state index in [1.54, 1.807) is 0 Å². The Labute approximate surface area is 279 Å². The van der Waals surface area contributed by atoms with E-state index in [0.717, 1.165) is 87.6 Å². The number of hydrogen-bond donors (Lipinski definition) is 0. The lowest BCUT2D eigenvalue weighted by molar-refractivity contribution is 0.669. The van der Waals surface area contributed by atoms with E-state index in [1.807, 2.05) is 42.5 Å². The van der Waals surface area contributed by atoms with Crippen molar-refractivity contribution >= 4 is 54.3 Å². The van der Waals surface area contributed by atoms with Crippen LogP contribution in [0.3, 0.4) is 0 Å². The Morgan fingerprint density at radius 1 is 0.362 bits per heavy atom. The van der Waals surface area contributed by atoms with E-state index in [2.05, 4.69) is 97.1 Å². The summed E-state index contributed by atoms with van der Waals surface area (Å²) < 4.78 is 48.9. The maximum absolute atomic E-state index is 8.75. The lowest BCUT2D eigenvalue weighted by Gasteiger charge is -2.17. The number of furan rings is 1. The first-order chi connectivity index (χ1) is 25.4. The molecule has 0 saturated carbocycles. The highest BCUT2D eigenvalue weighted by Crippen LogP contribution is 2.46. The first-order valence-electron chi connectivity index (χ1n) is 18.3. The molecule has 0 unspecified atom stereocenters. The molecule has 0 amide bonds. The molecular formula is C46H28O. The Balaban J connectivity index is 1.26. The van der Waals surface area contributed by atoms with Gasteiger partial charge < -0.3 is 4.42 Å².